The van der Waals surface area contributed by atoms with Gasteiger partial charge in [0, 0.05) is 0 Å². The van der Waals surface area contributed by atoms with E-state index >= 15 is 0 Å². The number of aliphatic carboxylic acids is 1. The molecule has 37 heavy (non-hydrogen) atoms. The van der Waals surface area contributed by atoms with Gasteiger partial charge in [0.15, 0.2) is 17.8 Å². The number of hydrogen-bond donors (Lipinski definition) is 3. The molecule has 3 unspecified atom stereocenters. The molecule has 0 bridgehead atoms. The molecule has 0 amide bonds. The number of aliphatic hydroxyl groups excluding tert-OH is 1. The summed E-state index contributed by atoms with van der Waals surface area (Å²) < 4.78 is 34.3. The van der Waals surface area contributed by atoms with Crippen LogP contribution < -0.4 is 0 Å². The van der Waals surface area contributed by atoms with Crippen molar-refractivity contribution in [3.05, 3.63) is 0 Å². The topological polar surface area (TPSA) is 184 Å². The Hall–Kier alpha value is -2.32. The van der Waals surface area contributed by atoms with E-state index in [1.807, 2.05) is 20.8 Å². The number of carbonyl (C=O) groups excluding carboxylic acids is 3. The van der Waals surface area contributed by atoms with Crippen molar-refractivity contribution < 1.29 is 62.9 Å². The van der Waals surface area contributed by atoms with Gasteiger partial charge in [0.25, 0.3) is 0 Å². The fourth-order valence-electron chi connectivity index (χ4n) is 8.68. The minimum absolute atomic E-state index is 0.154. The zero-order chi connectivity index (χ0) is 26.9. The third-order valence-corrected chi connectivity index (χ3v) is 9.71. The summed E-state index contributed by atoms with van der Waals surface area (Å²) in [5.74, 6) is -5.44. The van der Waals surface area contributed by atoms with E-state index in [1.165, 1.54) is 6.92 Å². The van der Waals surface area contributed by atoms with Crippen molar-refractivity contribution in [1.82, 2.24) is 0 Å². The van der Waals surface area contributed by atoms with E-state index in [9.17, 15) is 29.4 Å². The Morgan fingerprint density at radius 1 is 1.11 bits per heavy atom. The van der Waals surface area contributed by atoms with Gasteiger partial charge in [-0.3, -0.25) is 4.79 Å². The van der Waals surface area contributed by atoms with Gasteiger partial charge in [0.1, 0.15) is 18.8 Å². The van der Waals surface area contributed by atoms with E-state index in [1.54, 1.807) is 0 Å². The average molecular weight is 526 g/mol. The number of fused-ring (bicyclic) bond motifs is 1. The van der Waals surface area contributed by atoms with Crippen LogP contribution in [0.2, 0.25) is 0 Å². The quantitative estimate of drug-likeness (QED) is 0.212. The molecule has 4 saturated heterocycles. The lowest BCUT2D eigenvalue weighted by Crippen LogP contribution is -2.67. The van der Waals surface area contributed by atoms with Gasteiger partial charge in [-0.05, 0) is 24.7 Å². The Morgan fingerprint density at radius 3 is 2.46 bits per heavy atom. The third-order valence-electron chi connectivity index (χ3n) is 9.71. The van der Waals surface area contributed by atoms with Crippen molar-refractivity contribution >= 4 is 23.9 Å². The molecule has 2 saturated carbocycles. The summed E-state index contributed by atoms with van der Waals surface area (Å²) in [5.41, 5.74) is -8.36. The molecule has 0 aromatic heterocycles. The first-order valence-electron chi connectivity index (χ1n) is 12.4. The highest BCUT2D eigenvalue weighted by molar-refractivity contribution is 5.94. The van der Waals surface area contributed by atoms with Crippen LogP contribution in [0.4, 0.5) is 0 Å². The lowest BCUT2D eigenvalue weighted by molar-refractivity contribution is -0.240. The molecule has 0 aromatic carbocycles. The molecule has 13 nitrogen and oxygen atoms in total. The van der Waals surface area contributed by atoms with Gasteiger partial charge >= 0.3 is 23.9 Å². The number of aliphatic hydroxyl groups is 2. The fraction of sp³-hybridized carbons (Fsp3) is 0.833. The molecule has 0 aromatic rings. The van der Waals surface area contributed by atoms with Gasteiger partial charge in [0.05, 0.1) is 30.0 Å². The van der Waals surface area contributed by atoms with Gasteiger partial charge in [-0.25, -0.2) is 14.4 Å². The minimum atomic E-state index is -2.29. The first-order chi connectivity index (χ1) is 17.2. The Bertz CT molecular complexity index is 1100. The molecular formula is C24H30O13. The molecule has 2 spiro atoms. The number of rotatable bonds is 6. The summed E-state index contributed by atoms with van der Waals surface area (Å²) in [4.78, 5) is 50.3. The molecule has 204 valence electrons. The van der Waals surface area contributed by atoms with Gasteiger partial charge in [-0.15, -0.1) is 0 Å². The second-order valence-corrected chi connectivity index (χ2v) is 12.0. The molecule has 3 N–H and O–H groups in total. The molecule has 2 aliphatic carbocycles. The van der Waals surface area contributed by atoms with E-state index in [-0.39, 0.29) is 19.6 Å². The fourth-order valence-corrected chi connectivity index (χ4v) is 8.68. The number of esters is 3. The Labute approximate surface area is 211 Å². The van der Waals surface area contributed by atoms with Crippen LogP contribution in [0.15, 0.2) is 0 Å². The largest absolute Gasteiger partial charge is 0.480 e. The second-order valence-electron chi connectivity index (χ2n) is 12.0. The van der Waals surface area contributed by atoms with Crippen molar-refractivity contribution in [2.24, 2.45) is 28.1 Å². The normalized spacial score (nSPS) is 50.9. The van der Waals surface area contributed by atoms with Crippen LogP contribution in [0.3, 0.4) is 0 Å². The number of ether oxygens (including phenoxy) is 6. The summed E-state index contributed by atoms with van der Waals surface area (Å²) in [6.07, 6.45) is -6.70. The maximum absolute atomic E-state index is 13.7. The zero-order valence-electron chi connectivity index (χ0n) is 20.8. The van der Waals surface area contributed by atoms with Gasteiger partial charge in [0.2, 0.25) is 11.9 Å². The zero-order valence-corrected chi connectivity index (χ0v) is 20.8. The Morgan fingerprint density at radius 2 is 1.81 bits per heavy atom. The van der Waals surface area contributed by atoms with E-state index in [0.717, 1.165) is 0 Å². The summed E-state index contributed by atoms with van der Waals surface area (Å²) >= 11 is 0. The molecule has 6 fully saturated rings. The molecule has 11 atom stereocenters. The predicted molar refractivity (Wildman–Crippen MR) is 114 cm³/mol. The SMILES string of the molecule is CC1C(=O)O[C@H]2[C@H](O)[C@@]34C5C[C@@H](C(C)(C)C)C36[C@@H](OC(=O)[C@@H]6OCCOCC(=O)O)O[C@@]4(C(=O)O5)[C@@]12O. The Balaban J connectivity index is 1.53. The number of carbonyl (C=O) groups is 4. The highest BCUT2D eigenvalue weighted by atomic mass is 16.8. The minimum Gasteiger partial charge on any atom is -0.480 e. The van der Waals surface area contributed by atoms with Crippen molar-refractivity contribution in [2.45, 2.75) is 76.0 Å². The lowest BCUT2D eigenvalue weighted by atomic mass is 9.51. The molecule has 13 heteroatoms. The van der Waals surface area contributed by atoms with E-state index in [4.69, 9.17) is 33.5 Å². The molecular weight excluding hydrogens is 496 g/mol. The molecule has 6 rings (SSSR count). The number of hydrogen-bond acceptors (Lipinski definition) is 12. The first-order valence-corrected chi connectivity index (χ1v) is 12.4. The summed E-state index contributed by atoms with van der Waals surface area (Å²) in [6.45, 7) is 6.27. The highest BCUT2D eigenvalue weighted by Gasteiger charge is 3.04. The van der Waals surface area contributed by atoms with Crippen LogP contribution in [0.1, 0.15) is 34.1 Å². The second kappa shape index (κ2) is 7.20. The smallest absolute Gasteiger partial charge is 0.343 e. The number of carboxylic acid groups (broad SMARTS) is 1. The summed E-state index contributed by atoms with van der Waals surface area (Å²) in [7, 11) is 0. The van der Waals surface area contributed by atoms with Crippen LogP contribution in [0, 0.1) is 28.1 Å². The highest BCUT2D eigenvalue weighted by Crippen LogP contribution is 2.84. The maximum atomic E-state index is 13.7. The Kier molecular flexibility index (Phi) is 4.86. The van der Waals surface area contributed by atoms with Gasteiger partial charge < -0.3 is 43.7 Å². The maximum Gasteiger partial charge on any atom is 0.343 e. The van der Waals surface area contributed by atoms with Crippen LogP contribution in [-0.2, 0) is 47.6 Å². The lowest BCUT2D eigenvalue weighted by Gasteiger charge is -2.48. The van der Waals surface area contributed by atoms with Gasteiger partial charge in [-0.2, -0.15) is 0 Å². The molecule has 4 aliphatic heterocycles. The standard InChI is InChI=1S/C24H30O13/c1-9-16(28)35-14-13(27)22-11-7-10(20(2,3)4)21(22)15(33-6-5-32-8-12(25)26)17(29)36-19(21)37-24(22,18(30)34-11)23(9,14)31/h9-11,13-15,19,27,31H,5-8H2,1-4H3,(H,25,26)/t9?,10-,11?,13-,14-,15-,19-,21?,22-,23+,24+/m0/s1. The van der Waals surface area contributed by atoms with Crippen molar-refractivity contribution in [1.29, 1.82) is 0 Å². The van der Waals surface area contributed by atoms with Crippen molar-refractivity contribution in [3.8, 4) is 0 Å². The molecule has 0 radical (unpaired) electrons. The van der Waals surface area contributed by atoms with Crippen molar-refractivity contribution in [3.63, 3.8) is 0 Å². The van der Waals surface area contributed by atoms with E-state index < -0.39 is 100 Å². The monoisotopic (exact) mass is 526 g/mol. The first kappa shape index (κ1) is 25.0. The van der Waals surface area contributed by atoms with Gasteiger partial charge in [-0.1, -0.05) is 20.8 Å². The number of carboxylic acids is 1. The van der Waals surface area contributed by atoms with Crippen LogP contribution in [-0.4, -0.2) is 101 Å². The van der Waals surface area contributed by atoms with E-state index in [2.05, 4.69) is 0 Å². The van der Waals surface area contributed by atoms with Crippen LogP contribution in [0.5, 0.6) is 0 Å². The average Bonchev–Trinajstić information content (AvgIpc) is 3.51. The molecule has 6 aliphatic rings. The van der Waals surface area contributed by atoms with Crippen LogP contribution >= 0.6 is 0 Å². The third kappa shape index (κ3) is 2.36. The van der Waals surface area contributed by atoms with Crippen LogP contribution in [0.25, 0.3) is 0 Å². The predicted octanol–water partition coefficient (Wildman–Crippen LogP) is -1.24. The van der Waals surface area contributed by atoms with E-state index in [0.29, 0.717) is 0 Å². The van der Waals surface area contributed by atoms with Crippen molar-refractivity contribution in [2.75, 3.05) is 19.8 Å². The molecule has 4 heterocycles. The summed E-state index contributed by atoms with van der Waals surface area (Å²) in [6, 6.07) is 0. The summed E-state index contributed by atoms with van der Waals surface area (Å²) in [5, 5.41) is 32.9.